The first-order valence-electron chi connectivity index (χ1n) is 7.69. The topological polar surface area (TPSA) is 69.9 Å². The molecule has 2 aromatic carbocycles. The summed E-state index contributed by atoms with van der Waals surface area (Å²) in [6.45, 7) is 0.0167. The predicted molar refractivity (Wildman–Crippen MR) is 107 cm³/mol. The van der Waals surface area contributed by atoms with Gasteiger partial charge in [0.2, 0.25) is 5.16 Å². The summed E-state index contributed by atoms with van der Waals surface area (Å²) < 4.78 is 7.43. The summed E-state index contributed by atoms with van der Waals surface area (Å²) in [5.41, 5.74) is 1.28. The molecule has 3 rings (SSSR count). The quantitative estimate of drug-likeness (QED) is 0.323. The molecule has 1 heterocycles. The second-order valence-corrected chi connectivity index (χ2v) is 7.28. The van der Waals surface area contributed by atoms with Crippen molar-refractivity contribution in [1.82, 2.24) is 20.2 Å². The molecular formula is C18H12BrClN4O2S. The van der Waals surface area contributed by atoms with E-state index < -0.39 is 5.97 Å². The van der Waals surface area contributed by atoms with Crippen LogP contribution in [0.1, 0.15) is 10.4 Å². The SMILES string of the molecule is O=C(OCC#CCSc1nnnn1-c1ccc(Cl)cc1)c1ccccc1Br. The van der Waals surface area contributed by atoms with Crippen LogP contribution >= 0.6 is 39.3 Å². The Kier molecular flexibility index (Phi) is 6.87. The maximum absolute atomic E-state index is 11.9. The standard InChI is InChI=1S/C18H12BrClN4O2S/c19-16-6-2-1-5-15(16)17(25)26-11-3-4-12-27-18-21-22-23-24(18)14-9-7-13(20)8-10-14/h1-2,5-10H,11-12H2. The fourth-order valence-electron chi connectivity index (χ4n) is 2.02. The van der Waals surface area contributed by atoms with Crippen molar-refractivity contribution in [2.75, 3.05) is 12.4 Å². The Morgan fingerprint density at radius 2 is 1.96 bits per heavy atom. The van der Waals surface area contributed by atoms with E-state index in [1.165, 1.54) is 11.8 Å². The maximum atomic E-state index is 11.9. The Morgan fingerprint density at radius 3 is 2.74 bits per heavy atom. The molecule has 0 aliphatic carbocycles. The van der Waals surface area contributed by atoms with Gasteiger partial charge in [-0.05, 0) is 62.8 Å². The summed E-state index contributed by atoms with van der Waals surface area (Å²) in [6.07, 6.45) is 0. The third-order valence-corrected chi connectivity index (χ3v) is 5.02. The van der Waals surface area contributed by atoms with Gasteiger partial charge in [-0.25, -0.2) is 4.79 Å². The van der Waals surface area contributed by atoms with Crippen LogP contribution in [0.5, 0.6) is 0 Å². The van der Waals surface area contributed by atoms with Crippen LogP contribution in [0.2, 0.25) is 5.02 Å². The second-order valence-electron chi connectivity index (χ2n) is 5.05. The van der Waals surface area contributed by atoms with Crippen molar-refractivity contribution in [3.05, 3.63) is 63.6 Å². The Hall–Kier alpha value is -2.34. The van der Waals surface area contributed by atoms with Crippen LogP contribution in [0.3, 0.4) is 0 Å². The molecule has 0 saturated carbocycles. The number of carbonyl (C=O) groups excluding carboxylic acids is 1. The largest absolute Gasteiger partial charge is 0.449 e. The average molecular weight is 464 g/mol. The third-order valence-electron chi connectivity index (χ3n) is 3.28. The van der Waals surface area contributed by atoms with Crippen LogP contribution in [0.4, 0.5) is 0 Å². The number of hydrogen-bond acceptors (Lipinski definition) is 6. The molecular weight excluding hydrogens is 452 g/mol. The Labute approximate surface area is 173 Å². The molecule has 0 aliphatic heterocycles. The number of rotatable bonds is 5. The number of halogens is 2. The molecule has 6 nitrogen and oxygen atoms in total. The molecule has 0 aliphatic rings. The van der Waals surface area contributed by atoms with E-state index >= 15 is 0 Å². The summed E-state index contributed by atoms with van der Waals surface area (Å²) in [6, 6.07) is 14.3. The van der Waals surface area contributed by atoms with Crippen molar-refractivity contribution in [2.45, 2.75) is 5.16 Å². The highest BCUT2D eigenvalue weighted by molar-refractivity contribution is 9.10. The molecule has 0 atom stereocenters. The molecule has 0 bridgehead atoms. The van der Waals surface area contributed by atoms with Gasteiger partial charge in [-0.3, -0.25) is 0 Å². The molecule has 0 N–H and O–H groups in total. The Balaban J connectivity index is 1.50. The van der Waals surface area contributed by atoms with Crippen LogP contribution in [0.15, 0.2) is 58.2 Å². The van der Waals surface area contributed by atoms with Gasteiger partial charge >= 0.3 is 5.97 Å². The molecule has 27 heavy (non-hydrogen) atoms. The zero-order valence-electron chi connectivity index (χ0n) is 13.8. The third kappa shape index (κ3) is 5.32. The Bertz CT molecular complexity index is 998. The highest BCUT2D eigenvalue weighted by Gasteiger charge is 2.10. The van der Waals surface area contributed by atoms with E-state index in [0.717, 1.165) is 5.69 Å². The summed E-state index contributed by atoms with van der Waals surface area (Å²) >= 11 is 10.6. The van der Waals surface area contributed by atoms with Crippen molar-refractivity contribution >= 4 is 45.3 Å². The zero-order chi connectivity index (χ0) is 19.1. The lowest BCUT2D eigenvalue weighted by molar-refractivity contribution is 0.0555. The smallest absolute Gasteiger partial charge is 0.340 e. The first-order valence-corrected chi connectivity index (χ1v) is 9.85. The zero-order valence-corrected chi connectivity index (χ0v) is 17.0. The summed E-state index contributed by atoms with van der Waals surface area (Å²) in [7, 11) is 0. The lowest BCUT2D eigenvalue weighted by Crippen LogP contribution is -2.06. The lowest BCUT2D eigenvalue weighted by atomic mass is 10.2. The van der Waals surface area contributed by atoms with Gasteiger partial charge in [0.05, 0.1) is 17.0 Å². The van der Waals surface area contributed by atoms with Gasteiger partial charge in [0.25, 0.3) is 0 Å². The molecule has 136 valence electrons. The number of aromatic nitrogens is 4. The predicted octanol–water partition coefficient (Wildman–Crippen LogP) is 4.03. The van der Waals surface area contributed by atoms with E-state index in [-0.39, 0.29) is 6.61 Å². The summed E-state index contributed by atoms with van der Waals surface area (Å²) in [5, 5.41) is 12.9. The molecule has 0 unspecified atom stereocenters. The van der Waals surface area contributed by atoms with Crippen molar-refractivity contribution in [3.63, 3.8) is 0 Å². The number of hydrogen-bond donors (Lipinski definition) is 0. The monoisotopic (exact) mass is 462 g/mol. The van der Waals surface area contributed by atoms with E-state index in [1.807, 2.05) is 18.2 Å². The number of esters is 1. The number of carbonyl (C=O) groups is 1. The summed E-state index contributed by atoms with van der Waals surface area (Å²) in [4.78, 5) is 11.9. The molecule has 3 aromatic rings. The molecule has 0 fully saturated rings. The minimum atomic E-state index is -0.420. The van der Waals surface area contributed by atoms with Gasteiger partial charge in [-0.1, -0.05) is 47.3 Å². The molecule has 9 heteroatoms. The number of ether oxygens (including phenoxy) is 1. The van der Waals surface area contributed by atoms with E-state index in [0.29, 0.717) is 26.0 Å². The minimum Gasteiger partial charge on any atom is -0.449 e. The van der Waals surface area contributed by atoms with Gasteiger partial charge in [0, 0.05) is 9.50 Å². The number of thioether (sulfide) groups is 1. The molecule has 0 saturated heterocycles. The van der Waals surface area contributed by atoms with Crippen LogP contribution in [0.25, 0.3) is 5.69 Å². The molecule has 0 amide bonds. The van der Waals surface area contributed by atoms with Crippen LogP contribution in [-0.2, 0) is 4.74 Å². The van der Waals surface area contributed by atoms with Crippen LogP contribution in [0, 0.1) is 11.8 Å². The molecule has 1 aromatic heterocycles. The fraction of sp³-hybridized carbons (Fsp3) is 0.111. The average Bonchev–Trinajstić information content (AvgIpc) is 3.14. The second kappa shape index (κ2) is 9.55. The number of tetrazole rings is 1. The highest BCUT2D eigenvalue weighted by atomic mass is 79.9. The van der Waals surface area contributed by atoms with Gasteiger partial charge < -0.3 is 4.74 Å². The summed E-state index contributed by atoms with van der Waals surface area (Å²) in [5.74, 6) is 5.78. The number of nitrogens with zero attached hydrogens (tertiary/aromatic N) is 4. The van der Waals surface area contributed by atoms with Crippen molar-refractivity contribution in [1.29, 1.82) is 0 Å². The van der Waals surface area contributed by atoms with Crippen LogP contribution < -0.4 is 0 Å². The lowest BCUT2D eigenvalue weighted by Gasteiger charge is -2.03. The van der Waals surface area contributed by atoms with Gasteiger partial charge in [-0.2, -0.15) is 4.68 Å². The van der Waals surface area contributed by atoms with E-state index in [1.54, 1.807) is 35.0 Å². The van der Waals surface area contributed by atoms with E-state index in [4.69, 9.17) is 16.3 Å². The minimum absolute atomic E-state index is 0.0167. The van der Waals surface area contributed by atoms with Crippen LogP contribution in [-0.4, -0.2) is 38.5 Å². The van der Waals surface area contributed by atoms with Crippen molar-refractivity contribution < 1.29 is 9.53 Å². The van der Waals surface area contributed by atoms with Crippen molar-refractivity contribution in [2.24, 2.45) is 0 Å². The van der Waals surface area contributed by atoms with Gasteiger partial charge in [0.1, 0.15) is 0 Å². The highest BCUT2D eigenvalue weighted by Crippen LogP contribution is 2.19. The van der Waals surface area contributed by atoms with E-state index in [9.17, 15) is 4.79 Å². The van der Waals surface area contributed by atoms with Gasteiger partial charge in [-0.15, -0.1) is 5.10 Å². The Morgan fingerprint density at radius 1 is 1.19 bits per heavy atom. The first kappa shape index (κ1) is 19.4. The number of benzene rings is 2. The normalized spacial score (nSPS) is 10.1. The van der Waals surface area contributed by atoms with E-state index in [2.05, 4.69) is 43.3 Å². The fourth-order valence-corrected chi connectivity index (χ4v) is 3.26. The molecule has 0 spiro atoms. The maximum Gasteiger partial charge on any atom is 0.340 e. The molecule has 0 radical (unpaired) electrons. The van der Waals surface area contributed by atoms with Crippen molar-refractivity contribution in [3.8, 4) is 17.5 Å². The first-order chi connectivity index (χ1) is 13.1. The van der Waals surface area contributed by atoms with Gasteiger partial charge in [0.15, 0.2) is 6.61 Å².